The molecule has 2 aromatic rings. The third-order valence-electron chi connectivity index (χ3n) is 4.23. The van der Waals surface area contributed by atoms with Gasteiger partial charge in [0.15, 0.2) is 6.61 Å². The predicted octanol–water partition coefficient (Wildman–Crippen LogP) is 5.19. The highest BCUT2D eigenvalue weighted by atomic mass is 79.9. The van der Waals surface area contributed by atoms with Crippen molar-refractivity contribution in [3.8, 4) is 5.75 Å². The molecule has 8 heteroatoms. The third kappa shape index (κ3) is 7.32. The summed E-state index contributed by atoms with van der Waals surface area (Å²) < 4.78 is 7.38. The van der Waals surface area contributed by atoms with Gasteiger partial charge in [-0.2, -0.15) is 0 Å². The van der Waals surface area contributed by atoms with E-state index in [1.807, 2.05) is 31.2 Å². The molecule has 29 heavy (non-hydrogen) atoms. The van der Waals surface area contributed by atoms with Gasteiger partial charge in [0, 0.05) is 22.0 Å². The quantitative estimate of drug-likeness (QED) is 0.471. The van der Waals surface area contributed by atoms with E-state index in [0.29, 0.717) is 23.9 Å². The van der Waals surface area contributed by atoms with Crippen molar-refractivity contribution in [3.63, 3.8) is 0 Å². The van der Waals surface area contributed by atoms with E-state index in [4.69, 9.17) is 16.3 Å². The second kappa shape index (κ2) is 11.6. The average molecular weight is 547 g/mol. The fraction of sp³-hybridized carbons (Fsp3) is 0.333. The Morgan fingerprint density at radius 3 is 2.41 bits per heavy atom. The molecule has 0 spiro atoms. The van der Waals surface area contributed by atoms with Gasteiger partial charge in [0.1, 0.15) is 11.8 Å². The van der Waals surface area contributed by atoms with Gasteiger partial charge in [-0.05, 0) is 49.2 Å². The van der Waals surface area contributed by atoms with E-state index in [-0.39, 0.29) is 18.4 Å². The summed E-state index contributed by atoms with van der Waals surface area (Å²) in [4.78, 5) is 26.9. The number of hydrogen-bond acceptors (Lipinski definition) is 3. The van der Waals surface area contributed by atoms with Crippen LogP contribution in [0, 0.1) is 0 Å². The standard InChI is InChI=1S/C21H23Br2ClN2O3/c1-3-10-25-21(28)14(2)26(12-15-4-6-16(22)7-5-15)20(27)13-29-19-9-8-17(23)11-18(19)24/h4-9,11,14H,3,10,12-13H2,1-2H3,(H,25,28)/t14-/m0/s1. The van der Waals surface area contributed by atoms with Crippen LogP contribution in [0.15, 0.2) is 51.4 Å². The molecule has 2 aromatic carbocycles. The molecule has 0 heterocycles. The van der Waals surface area contributed by atoms with E-state index in [1.165, 1.54) is 4.90 Å². The Kier molecular flexibility index (Phi) is 9.46. The summed E-state index contributed by atoms with van der Waals surface area (Å²) in [6.45, 7) is 4.34. The Bertz CT molecular complexity index is 846. The van der Waals surface area contributed by atoms with Crippen LogP contribution in [0.4, 0.5) is 0 Å². The average Bonchev–Trinajstić information content (AvgIpc) is 2.70. The van der Waals surface area contributed by atoms with Crippen molar-refractivity contribution >= 4 is 55.3 Å². The number of amides is 2. The van der Waals surface area contributed by atoms with E-state index >= 15 is 0 Å². The van der Waals surface area contributed by atoms with Gasteiger partial charge < -0.3 is 15.0 Å². The Morgan fingerprint density at radius 1 is 1.14 bits per heavy atom. The van der Waals surface area contributed by atoms with E-state index in [1.54, 1.807) is 25.1 Å². The number of halogens is 3. The topological polar surface area (TPSA) is 58.6 Å². The first-order chi connectivity index (χ1) is 13.8. The highest BCUT2D eigenvalue weighted by Gasteiger charge is 2.26. The Morgan fingerprint density at radius 2 is 1.79 bits per heavy atom. The van der Waals surface area contributed by atoms with Crippen LogP contribution >= 0.6 is 43.5 Å². The molecule has 0 aliphatic carbocycles. The largest absolute Gasteiger partial charge is 0.482 e. The minimum absolute atomic E-state index is 0.195. The molecule has 0 unspecified atom stereocenters. The molecule has 156 valence electrons. The van der Waals surface area contributed by atoms with Crippen LogP contribution in [-0.4, -0.2) is 35.9 Å². The summed E-state index contributed by atoms with van der Waals surface area (Å²) in [5.41, 5.74) is 0.915. The molecular weight excluding hydrogens is 524 g/mol. The lowest BCUT2D eigenvalue weighted by molar-refractivity contribution is -0.142. The zero-order valence-electron chi connectivity index (χ0n) is 16.3. The number of carbonyl (C=O) groups is 2. The predicted molar refractivity (Wildman–Crippen MR) is 122 cm³/mol. The SMILES string of the molecule is CCCNC(=O)[C@H](C)N(Cc1ccc(Br)cc1)C(=O)COc1ccc(Br)cc1Cl. The van der Waals surface area contributed by atoms with Gasteiger partial charge in [-0.3, -0.25) is 9.59 Å². The van der Waals surface area contributed by atoms with E-state index < -0.39 is 6.04 Å². The van der Waals surface area contributed by atoms with Crippen molar-refractivity contribution in [2.45, 2.75) is 32.9 Å². The summed E-state index contributed by atoms with van der Waals surface area (Å²) in [5, 5.41) is 3.25. The lowest BCUT2D eigenvalue weighted by atomic mass is 10.1. The van der Waals surface area contributed by atoms with Gasteiger partial charge in [-0.25, -0.2) is 0 Å². The molecule has 0 fully saturated rings. The van der Waals surface area contributed by atoms with Gasteiger partial charge in [0.25, 0.3) is 5.91 Å². The van der Waals surface area contributed by atoms with Crippen molar-refractivity contribution in [2.75, 3.05) is 13.2 Å². The normalized spacial score (nSPS) is 11.6. The number of benzene rings is 2. The first-order valence-electron chi connectivity index (χ1n) is 9.21. The Hall–Kier alpha value is -1.57. The Balaban J connectivity index is 2.14. The molecule has 2 amide bonds. The van der Waals surface area contributed by atoms with Crippen LogP contribution in [0.25, 0.3) is 0 Å². The number of rotatable bonds is 9. The van der Waals surface area contributed by atoms with Crippen LogP contribution < -0.4 is 10.1 Å². The molecule has 1 N–H and O–H groups in total. The van der Waals surface area contributed by atoms with Crippen molar-refractivity contribution in [2.24, 2.45) is 0 Å². The minimum Gasteiger partial charge on any atom is -0.482 e. The number of nitrogens with one attached hydrogen (secondary N) is 1. The molecule has 0 aromatic heterocycles. The highest BCUT2D eigenvalue weighted by molar-refractivity contribution is 9.10. The molecule has 0 saturated heterocycles. The summed E-state index contributed by atoms with van der Waals surface area (Å²) >= 11 is 12.9. The van der Waals surface area contributed by atoms with E-state index in [2.05, 4.69) is 37.2 Å². The van der Waals surface area contributed by atoms with Gasteiger partial charge in [-0.15, -0.1) is 0 Å². The van der Waals surface area contributed by atoms with Crippen molar-refractivity contribution in [3.05, 3.63) is 62.0 Å². The molecule has 2 rings (SSSR count). The summed E-state index contributed by atoms with van der Waals surface area (Å²) in [6, 6.07) is 12.2. The summed E-state index contributed by atoms with van der Waals surface area (Å²) in [5.74, 6) is -0.0834. The van der Waals surface area contributed by atoms with Crippen molar-refractivity contribution in [1.82, 2.24) is 10.2 Å². The van der Waals surface area contributed by atoms with Crippen LogP contribution in [0.5, 0.6) is 5.75 Å². The molecule has 0 bridgehead atoms. The van der Waals surface area contributed by atoms with Gasteiger partial charge in [0.2, 0.25) is 5.91 Å². The number of hydrogen-bond donors (Lipinski definition) is 1. The van der Waals surface area contributed by atoms with Crippen molar-refractivity contribution < 1.29 is 14.3 Å². The molecule has 0 aliphatic rings. The third-order valence-corrected chi connectivity index (χ3v) is 5.55. The van der Waals surface area contributed by atoms with Crippen molar-refractivity contribution in [1.29, 1.82) is 0 Å². The fourth-order valence-corrected chi connectivity index (χ4v) is 3.57. The molecule has 0 saturated carbocycles. The fourth-order valence-electron chi connectivity index (χ4n) is 2.58. The van der Waals surface area contributed by atoms with Crippen LogP contribution in [-0.2, 0) is 16.1 Å². The zero-order valence-corrected chi connectivity index (χ0v) is 20.2. The Labute approximate surface area is 193 Å². The minimum atomic E-state index is -0.637. The first-order valence-corrected chi connectivity index (χ1v) is 11.2. The summed E-state index contributed by atoms with van der Waals surface area (Å²) in [6.07, 6.45) is 0.824. The second-order valence-electron chi connectivity index (χ2n) is 6.48. The maximum Gasteiger partial charge on any atom is 0.261 e. The van der Waals surface area contributed by atoms with Crippen LogP contribution in [0.1, 0.15) is 25.8 Å². The maximum atomic E-state index is 12.9. The van der Waals surface area contributed by atoms with Gasteiger partial charge >= 0.3 is 0 Å². The molecule has 5 nitrogen and oxygen atoms in total. The number of nitrogens with zero attached hydrogens (tertiary/aromatic N) is 1. The molecule has 0 radical (unpaired) electrons. The second-order valence-corrected chi connectivity index (χ2v) is 8.72. The summed E-state index contributed by atoms with van der Waals surface area (Å²) in [7, 11) is 0. The molecule has 1 atom stereocenters. The van der Waals surface area contributed by atoms with Crippen LogP contribution in [0.3, 0.4) is 0 Å². The lowest BCUT2D eigenvalue weighted by Gasteiger charge is -2.28. The number of carbonyl (C=O) groups excluding carboxylic acids is 2. The van der Waals surface area contributed by atoms with Gasteiger partial charge in [-0.1, -0.05) is 62.5 Å². The smallest absolute Gasteiger partial charge is 0.261 e. The molecular formula is C21H23Br2ClN2O3. The lowest BCUT2D eigenvalue weighted by Crippen LogP contribution is -2.49. The zero-order chi connectivity index (χ0) is 21.4. The van der Waals surface area contributed by atoms with Gasteiger partial charge in [0.05, 0.1) is 5.02 Å². The van der Waals surface area contributed by atoms with E-state index in [9.17, 15) is 9.59 Å². The maximum absolute atomic E-state index is 12.9. The van der Waals surface area contributed by atoms with E-state index in [0.717, 1.165) is 20.9 Å². The monoisotopic (exact) mass is 544 g/mol. The first kappa shape index (κ1) is 23.7. The molecule has 0 aliphatic heterocycles. The van der Waals surface area contributed by atoms with Crippen LogP contribution in [0.2, 0.25) is 5.02 Å². The number of ether oxygens (including phenoxy) is 1. The highest BCUT2D eigenvalue weighted by Crippen LogP contribution is 2.27.